The second kappa shape index (κ2) is 6.29. The lowest BCUT2D eigenvalue weighted by molar-refractivity contribution is -0.131. The quantitative estimate of drug-likeness (QED) is 0.838. The van der Waals surface area contributed by atoms with Gasteiger partial charge in [-0.2, -0.15) is 0 Å². The third-order valence-corrected chi connectivity index (χ3v) is 3.73. The predicted octanol–water partition coefficient (Wildman–Crippen LogP) is 0.136. The van der Waals surface area contributed by atoms with Crippen LogP contribution in [-0.2, 0) is 11.3 Å². The van der Waals surface area contributed by atoms with E-state index in [1.165, 1.54) is 10.8 Å². The van der Waals surface area contributed by atoms with Crippen molar-refractivity contribution in [3.05, 3.63) is 26.8 Å². The summed E-state index contributed by atoms with van der Waals surface area (Å²) in [4.78, 5) is 30.1. The Morgan fingerprint density at radius 2 is 2.26 bits per heavy atom. The number of halogens is 1. The molecule has 1 aromatic heterocycles. The third kappa shape index (κ3) is 3.42. The maximum absolute atomic E-state index is 12.2. The average Bonchev–Trinajstić information content (AvgIpc) is 2.68. The van der Waals surface area contributed by atoms with Crippen molar-refractivity contribution in [2.45, 2.75) is 19.9 Å². The Morgan fingerprint density at radius 3 is 3.05 bits per heavy atom. The number of carbonyl (C=O) groups is 1. The molecule has 6 nitrogen and oxygen atoms in total. The van der Waals surface area contributed by atoms with Crippen LogP contribution >= 0.6 is 15.9 Å². The van der Waals surface area contributed by atoms with Crippen LogP contribution in [0.25, 0.3) is 0 Å². The molecule has 1 aliphatic rings. The Bertz CT molecular complexity index is 521. The molecule has 1 fully saturated rings. The van der Waals surface area contributed by atoms with E-state index in [1.807, 2.05) is 0 Å². The highest BCUT2D eigenvalue weighted by Gasteiger charge is 2.17. The second-order valence-electron chi connectivity index (χ2n) is 4.53. The molecule has 0 aromatic carbocycles. The second-order valence-corrected chi connectivity index (χ2v) is 5.38. The number of aryl methyl sites for hydroxylation is 1. The summed E-state index contributed by atoms with van der Waals surface area (Å²) in [6.45, 7) is 4.94. The smallest absolute Gasteiger partial charge is 0.268 e. The van der Waals surface area contributed by atoms with Crippen molar-refractivity contribution in [1.29, 1.82) is 0 Å². The Labute approximate surface area is 119 Å². The number of rotatable bonds is 2. The van der Waals surface area contributed by atoms with E-state index in [0.717, 1.165) is 26.1 Å². The van der Waals surface area contributed by atoms with E-state index in [0.29, 0.717) is 16.8 Å². The Kier molecular flexibility index (Phi) is 4.71. The molecule has 0 atom stereocenters. The zero-order valence-corrected chi connectivity index (χ0v) is 12.4. The lowest BCUT2D eigenvalue weighted by Crippen LogP contribution is -2.39. The van der Waals surface area contributed by atoms with E-state index < -0.39 is 0 Å². The molecule has 0 radical (unpaired) electrons. The molecule has 1 saturated heterocycles. The molecule has 0 aliphatic carbocycles. The zero-order valence-electron chi connectivity index (χ0n) is 10.9. The number of nitrogens with zero attached hydrogens (tertiary/aromatic N) is 3. The number of hydrogen-bond donors (Lipinski definition) is 1. The number of hydrogen-bond acceptors (Lipinski definition) is 4. The first-order chi connectivity index (χ1) is 9.09. The molecule has 0 unspecified atom stereocenters. The Morgan fingerprint density at radius 1 is 1.47 bits per heavy atom. The number of carbonyl (C=O) groups excluding carboxylic acids is 1. The number of aromatic nitrogens is 2. The van der Waals surface area contributed by atoms with Crippen LogP contribution in [0.2, 0.25) is 0 Å². The van der Waals surface area contributed by atoms with Gasteiger partial charge in [0.15, 0.2) is 0 Å². The van der Waals surface area contributed by atoms with E-state index >= 15 is 0 Å². The zero-order chi connectivity index (χ0) is 13.8. The summed E-state index contributed by atoms with van der Waals surface area (Å²) in [7, 11) is 0. The van der Waals surface area contributed by atoms with Gasteiger partial charge in [0.05, 0.1) is 0 Å². The monoisotopic (exact) mass is 328 g/mol. The predicted molar refractivity (Wildman–Crippen MR) is 75.0 cm³/mol. The van der Waals surface area contributed by atoms with Crippen molar-refractivity contribution >= 4 is 21.8 Å². The molecule has 1 N–H and O–H groups in total. The average molecular weight is 329 g/mol. The lowest BCUT2D eigenvalue weighted by atomic mass is 10.3. The van der Waals surface area contributed by atoms with E-state index in [2.05, 4.69) is 26.2 Å². The molecule has 1 aliphatic heterocycles. The fourth-order valence-electron chi connectivity index (χ4n) is 2.07. The molecular weight excluding hydrogens is 312 g/mol. The highest BCUT2D eigenvalue weighted by molar-refractivity contribution is 9.10. The van der Waals surface area contributed by atoms with Gasteiger partial charge in [0.2, 0.25) is 5.91 Å². The van der Waals surface area contributed by atoms with Crippen molar-refractivity contribution < 1.29 is 4.79 Å². The van der Waals surface area contributed by atoms with Gasteiger partial charge in [0.25, 0.3) is 5.56 Å². The fourth-order valence-corrected chi connectivity index (χ4v) is 2.38. The first kappa shape index (κ1) is 14.2. The van der Waals surface area contributed by atoms with E-state index in [-0.39, 0.29) is 18.0 Å². The van der Waals surface area contributed by atoms with Gasteiger partial charge in [-0.15, -0.1) is 0 Å². The minimum absolute atomic E-state index is 0.0335. The summed E-state index contributed by atoms with van der Waals surface area (Å²) in [5.41, 5.74) is -0.214. The van der Waals surface area contributed by atoms with Crippen LogP contribution < -0.4 is 10.9 Å². The molecule has 1 amide bonds. The van der Waals surface area contributed by atoms with Crippen LogP contribution in [-0.4, -0.2) is 46.5 Å². The summed E-state index contributed by atoms with van der Waals surface area (Å²) in [5.74, 6) is 0.517. The van der Waals surface area contributed by atoms with E-state index in [1.54, 1.807) is 11.8 Å². The number of nitrogens with one attached hydrogen (secondary N) is 1. The first-order valence-corrected chi connectivity index (χ1v) is 7.09. The van der Waals surface area contributed by atoms with E-state index in [9.17, 15) is 9.59 Å². The molecule has 19 heavy (non-hydrogen) atoms. The van der Waals surface area contributed by atoms with Crippen molar-refractivity contribution in [3.8, 4) is 0 Å². The summed E-state index contributed by atoms with van der Waals surface area (Å²) in [6, 6.07) is 0. The molecule has 0 bridgehead atoms. The Balaban J connectivity index is 2.14. The highest BCUT2D eigenvalue weighted by atomic mass is 79.9. The van der Waals surface area contributed by atoms with Gasteiger partial charge in [-0.3, -0.25) is 14.2 Å². The van der Waals surface area contributed by atoms with Crippen LogP contribution in [0.1, 0.15) is 12.2 Å². The fraction of sp³-hybridized carbons (Fsp3) is 0.583. The topological polar surface area (TPSA) is 67.2 Å². The molecule has 0 spiro atoms. The molecule has 0 saturated carbocycles. The van der Waals surface area contributed by atoms with Crippen LogP contribution in [0.15, 0.2) is 15.5 Å². The van der Waals surface area contributed by atoms with Gasteiger partial charge in [0, 0.05) is 25.8 Å². The largest absolute Gasteiger partial charge is 0.340 e. The van der Waals surface area contributed by atoms with Crippen molar-refractivity contribution in [3.63, 3.8) is 0 Å². The SMILES string of the molecule is Cc1ncc(Br)c(=O)n1CC(=O)N1CCCNCC1. The van der Waals surface area contributed by atoms with Crippen LogP contribution in [0.4, 0.5) is 0 Å². The van der Waals surface area contributed by atoms with Gasteiger partial charge in [-0.1, -0.05) is 0 Å². The van der Waals surface area contributed by atoms with Gasteiger partial charge in [-0.05, 0) is 35.8 Å². The molecule has 2 heterocycles. The summed E-state index contributed by atoms with van der Waals surface area (Å²) in [6.07, 6.45) is 2.41. The molecule has 104 valence electrons. The third-order valence-electron chi connectivity index (χ3n) is 3.19. The molecule has 7 heteroatoms. The minimum atomic E-state index is -0.214. The van der Waals surface area contributed by atoms with Gasteiger partial charge >= 0.3 is 0 Å². The van der Waals surface area contributed by atoms with Gasteiger partial charge in [-0.25, -0.2) is 4.98 Å². The molecule has 2 rings (SSSR count). The number of amides is 1. The first-order valence-electron chi connectivity index (χ1n) is 6.30. The van der Waals surface area contributed by atoms with Crippen LogP contribution in [0, 0.1) is 6.92 Å². The maximum Gasteiger partial charge on any atom is 0.268 e. The Hall–Kier alpha value is -1.21. The summed E-state index contributed by atoms with van der Waals surface area (Å²) >= 11 is 3.15. The lowest BCUT2D eigenvalue weighted by Gasteiger charge is -2.21. The summed E-state index contributed by atoms with van der Waals surface area (Å²) < 4.78 is 1.79. The summed E-state index contributed by atoms with van der Waals surface area (Å²) in [5, 5.41) is 3.25. The van der Waals surface area contributed by atoms with Gasteiger partial charge < -0.3 is 10.2 Å². The van der Waals surface area contributed by atoms with Crippen molar-refractivity contribution in [1.82, 2.24) is 19.8 Å². The van der Waals surface area contributed by atoms with E-state index in [4.69, 9.17) is 0 Å². The maximum atomic E-state index is 12.2. The van der Waals surface area contributed by atoms with Crippen molar-refractivity contribution in [2.24, 2.45) is 0 Å². The van der Waals surface area contributed by atoms with Crippen LogP contribution in [0.5, 0.6) is 0 Å². The normalized spacial score (nSPS) is 16.2. The van der Waals surface area contributed by atoms with Gasteiger partial charge in [0.1, 0.15) is 16.8 Å². The van der Waals surface area contributed by atoms with Crippen LogP contribution in [0.3, 0.4) is 0 Å². The minimum Gasteiger partial charge on any atom is -0.340 e. The highest BCUT2D eigenvalue weighted by Crippen LogP contribution is 2.03. The molecule has 1 aromatic rings. The van der Waals surface area contributed by atoms with Crippen molar-refractivity contribution in [2.75, 3.05) is 26.2 Å². The standard InChI is InChI=1S/C12H17BrN4O2/c1-9-15-7-10(13)12(19)17(9)8-11(18)16-5-2-3-14-4-6-16/h7,14H,2-6,8H2,1H3. The molecular formula is C12H17BrN4O2.